The summed E-state index contributed by atoms with van der Waals surface area (Å²) in [6.45, 7) is 3.18. The van der Waals surface area contributed by atoms with Gasteiger partial charge in [0, 0.05) is 19.2 Å². The molecule has 0 fully saturated rings. The van der Waals surface area contributed by atoms with Gasteiger partial charge >= 0.3 is 0 Å². The van der Waals surface area contributed by atoms with Crippen LogP contribution in [0.3, 0.4) is 0 Å². The summed E-state index contributed by atoms with van der Waals surface area (Å²) in [6.07, 6.45) is 0.839. The first-order valence-corrected chi connectivity index (χ1v) is 5.14. The van der Waals surface area contributed by atoms with Crippen LogP contribution in [0.25, 0.3) is 0 Å². The highest BCUT2D eigenvalue weighted by atomic mass is 16.5. The van der Waals surface area contributed by atoms with Gasteiger partial charge < -0.3 is 14.4 Å². The van der Waals surface area contributed by atoms with Crippen molar-refractivity contribution in [2.75, 3.05) is 20.8 Å². The molecule has 1 amide bonds. The van der Waals surface area contributed by atoms with Crippen LogP contribution < -0.4 is 9.47 Å². The number of nitrogens with zero attached hydrogens (tertiary/aromatic N) is 1. The lowest BCUT2D eigenvalue weighted by Gasteiger charge is -2.16. The molecule has 0 heterocycles. The van der Waals surface area contributed by atoms with Gasteiger partial charge in [0.2, 0.25) is 6.41 Å². The van der Waals surface area contributed by atoms with E-state index in [0.29, 0.717) is 13.1 Å². The van der Waals surface area contributed by atoms with Crippen molar-refractivity contribution in [3.8, 4) is 11.5 Å². The number of rotatable bonds is 6. The fourth-order valence-electron chi connectivity index (χ4n) is 1.42. The van der Waals surface area contributed by atoms with E-state index in [1.165, 1.54) is 0 Å². The zero-order chi connectivity index (χ0) is 12.0. The average molecular weight is 223 g/mol. The molecule has 0 aliphatic carbocycles. The maximum Gasteiger partial charge on any atom is 0.209 e. The van der Waals surface area contributed by atoms with E-state index in [-0.39, 0.29) is 0 Å². The minimum absolute atomic E-state index is 0.563. The fourth-order valence-corrected chi connectivity index (χ4v) is 1.42. The third kappa shape index (κ3) is 3.15. The molecular formula is C12H17NO3. The molecule has 0 atom stereocenters. The van der Waals surface area contributed by atoms with Crippen LogP contribution in [0.2, 0.25) is 0 Å². The first-order valence-electron chi connectivity index (χ1n) is 5.14. The van der Waals surface area contributed by atoms with Gasteiger partial charge in [0.15, 0.2) is 0 Å². The Bertz CT molecular complexity index is 330. The maximum absolute atomic E-state index is 10.7. The minimum atomic E-state index is 0.563. The number of methoxy groups -OCH3 is 2. The minimum Gasteiger partial charge on any atom is -0.497 e. The standard InChI is InChI=1S/C12H17NO3/c1-4-13(9-14)8-10-5-11(15-2)7-12(6-10)16-3/h5-7,9H,4,8H2,1-3H3. The van der Waals surface area contributed by atoms with Crippen molar-refractivity contribution in [3.63, 3.8) is 0 Å². The number of benzene rings is 1. The van der Waals surface area contributed by atoms with Gasteiger partial charge in [0.25, 0.3) is 0 Å². The van der Waals surface area contributed by atoms with Crippen LogP contribution in [-0.2, 0) is 11.3 Å². The Kier molecular flexibility index (Phi) is 4.64. The molecule has 0 saturated carbocycles. The predicted molar refractivity (Wildman–Crippen MR) is 61.7 cm³/mol. The number of carbonyl (C=O) groups excluding carboxylic acids is 1. The predicted octanol–water partition coefficient (Wildman–Crippen LogP) is 1.68. The van der Waals surface area contributed by atoms with Crippen LogP contribution in [0.1, 0.15) is 12.5 Å². The van der Waals surface area contributed by atoms with Crippen molar-refractivity contribution in [3.05, 3.63) is 23.8 Å². The van der Waals surface area contributed by atoms with Crippen molar-refractivity contribution in [1.82, 2.24) is 4.90 Å². The molecule has 0 unspecified atom stereocenters. The van der Waals surface area contributed by atoms with Gasteiger partial charge in [-0.25, -0.2) is 0 Å². The second kappa shape index (κ2) is 6.00. The van der Waals surface area contributed by atoms with E-state index in [4.69, 9.17) is 9.47 Å². The van der Waals surface area contributed by atoms with Crippen LogP contribution in [0, 0.1) is 0 Å². The smallest absolute Gasteiger partial charge is 0.209 e. The van der Waals surface area contributed by atoms with Crippen molar-refractivity contribution in [2.45, 2.75) is 13.5 Å². The molecule has 0 aliphatic heterocycles. The molecule has 0 bridgehead atoms. The van der Waals surface area contributed by atoms with Gasteiger partial charge in [-0.05, 0) is 24.6 Å². The SMILES string of the molecule is CCN(C=O)Cc1cc(OC)cc(OC)c1. The number of amides is 1. The van der Waals surface area contributed by atoms with E-state index < -0.39 is 0 Å². The zero-order valence-electron chi connectivity index (χ0n) is 9.90. The third-order valence-electron chi connectivity index (χ3n) is 2.35. The molecule has 0 aliphatic rings. The highest BCUT2D eigenvalue weighted by molar-refractivity contribution is 5.48. The van der Waals surface area contributed by atoms with Crippen LogP contribution in [0.4, 0.5) is 0 Å². The molecule has 88 valence electrons. The quantitative estimate of drug-likeness (QED) is 0.689. The number of hydrogen-bond acceptors (Lipinski definition) is 3. The number of ether oxygens (including phenoxy) is 2. The topological polar surface area (TPSA) is 38.8 Å². The zero-order valence-corrected chi connectivity index (χ0v) is 9.90. The first-order chi connectivity index (χ1) is 7.73. The van der Waals surface area contributed by atoms with Gasteiger partial charge in [-0.1, -0.05) is 0 Å². The normalized spacial score (nSPS) is 9.69. The van der Waals surface area contributed by atoms with Crippen LogP contribution in [0.5, 0.6) is 11.5 Å². The Morgan fingerprint density at radius 2 is 1.75 bits per heavy atom. The van der Waals surface area contributed by atoms with Gasteiger partial charge in [-0.2, -0.15) is 0 Å². The monoisotopic (exact) mass is 223 g/mol. The van der Waals surface area contributed by atoms with Gasteiger partial charge in [-0.3, -0.25) is 4.79 Å². The molecule has 16 heavy (non-hydrogen) atoms. The first kappa shape index (κ1) is 12.4. The summed E-state index contributed by atoms with van der Waals surface area (Å²) in [6, 6.07) is 5.60. The third-order valence-corrected chi connectivity index (χ3v) is 2.35. The lowest BCUT2D eigenvalue weighted by atomic mass is 10.2. The second-order valence-electron chi connectivity index (χ2n) is 3.39. The molecule has 0 spiro atoms. The molecule has 0 saturated heterocycles. The fraction of sp³-hybridized carbons (Fsp3) is 0.417. The average Bonchev–Trinajstić information content (AvgIpc) is 2.35. The Morgan fingerprint density at radius 1 is 1.19 bits per heavy atom. The van der Waals surface area contributed by atoms with Crippen LogP contribution >= 0.6 is 0 Å². The molecule has 1 rings (SSSR count). The maximum atomic E-state index is 10.7. The van der Waals surface area contributed by atoms with Crippen LogP contribution in [0.15, 0.2) is 18.2 Å². The summed E-state index contributed by atoms with van der Waals surface area (Å²) in [7, 11) is 3.21. The Morgan fingerprint density at radius 3 is 2.12 bits per heavy atom. The summed E-state index contributed by atoms with van der Waals surface area (Å²) >= 11 is 0. The summed E-state index contributed by atoms with van der Waals surface area (Å²) in [5, 5.41) is 0. The van der Waals surface area contributed by atoms with Gasteiger partial charge in [-0.15, -0.1) is 0 Å². The van der Waals surface area contributed by atoms with Crippen molar-refractivity contribution in [1.29, 1.82) is 0 Å². The summed E-state index contributed by atoms with van der Waals surface area (Å²) < 4.78 is 10.3. The van der Waals surface area contributed by atoms with E-state index in [1.807, 2.05) is 19.1 Å². The summed E-state index contributed by atoms with van der Waals surface area (Å²) in [5.41, 5.74) is 0.991. The van der Waals surface area contributed by atoms with Gasteiger partial charge in [0.05, 0.1) is 14.2 Å². The molecular weight excluding hydrogens is 206 g/mol. The van der Waals surface area contributed by atoms with Crippen LogP contribution in [-0.4, -0.2) is 32.1 Å². The Labute approximate surface area is 95.8 Å². The van der Waals surface area contributed by atoms with E-state index in [9.17, 15) is 4.79 Å². The largest absolute Gasteiger partial charge is 0.497 e. The lowest BCUT2D eigenvalue weighted by molar-refractivity contribution is -0.118. The molecule has 0 radical (unpaired) electrons. The highest BCUT2D eigenvalue weighted by Crippen LogP contribution is 2.23. The van der Waals surface area contributed by atoms with E-state index in [1.54, 1.807) is 25.2 Å². The van der Waals surface area contributed by atoms with Crippen molar-refractivity contribution in [2.24, 2.45) is 0 Å². The summed E-state index contributed by atoms with van der Waals surface area (Å²) in [5.74, 6) is 1.47. The molecule has 1 aromatic rings. The Balaban J connectivity index is 2.89. The Hall–Kier alpha value is -1.71. The molecule has 4 nitrogen and oxygen atoms in total. The van der Waals surface area contributed by atoms with E-state index in [2.05, 4.69) is 0 Å². The highest BCUT2D eigenvalue weighted by Gasteiger charge is 2.05. The van der Waals surface area contributed by atoms with E-state index >= 15 is 0 Å². The van der Waals surface area contributed by atoms with Crippen molar-refractivity contribution < 1.29 is 14.3 Å². The van der Waals surface area contributed by atoms with Gasteiger partial charge in [0.1, 0.15) is 11.5 Å². The molecule has 4 heteroatoms. The second-order valence-corrected chi connectivity index (χ2v) is 3.39. The lowest BCUT2D eigenvalue weighted by Crippen LogP contribution is -2.20. The summed E-state index contributed by atoms with van der Waals surface area (Å²) in [4.78, 5) is 12.4. The number of carbonyl (C=O) groups is 1. The number of hydrogen-bond donors (Lipinski definition) is 0. The van der Waals surface area contributed by atoms with E-state index in [0.717, 1.165) is 23.5 Å². The van der Waals surface area contributed by atoms with Crippen molar-refractivity contribution >= 4 is 6.41 Å². The molecule has 1 aromatic carbocycles. The molecule has 0 N–H and O–H groups in total. The molecule has 0 aromatic heterocycles.